The number of aliphatic carboxylic acids is 1. The number of rotatable bonds is 3. The lowest BCUT2D eigenvalue weighted by Crippen LogP contribution is -2.63. The van der Waals surface area contributed by atoms with E-state index < -0.39 is 42.4 Å². The lowest BCUT2D eigenvalue weighted by Gasteiger charge is -2.41. The molecular weight excluding hydrogens is 483 g/mol. The van der Waals surface area contributed by atoms with Gasteiger partial charge in [-0.15, -0.1) is 0 Å². The summed E-state index contributed by atoms with van der Waals surface area (Å²) >= 11 is 6.26. The molecule has 3 aliphatic rings. The van der Waals surface area contributed by atoms with Crippen molar-refractivity contribution < 1.29 is 34.3 Å². The van der Waals surface area contributed by atoms with Crippen molar-refractivity contribution in [2.24, 2.45) is 10.1 Å². The summed E-state index contributed by atoms with van der Waals surface area (Å²) in [6.07, 6.45) is -7.27. The average Bonchev–Trinajstić information content (AvgIpc) is 3.04. The lowest BCUT2D eigenvalue weighted by atomic mass is 9.98. The quantitative estimate of drug-likeness (QED) is 0.495. The summed E-state index contributed by atoms with van der Waals surface area (Å²) in [5.41, 5.74) is 1.58. The van der Waals surface area contributed by atoms with Gasteiger partial charge in [0.25, 0.3) is 0 Å². The first-order valence-electron chi connectivity index (χ1n) is 10.6. The molecule has 2 aromatic carbocycles. The normalized spacial score (nSPS) is 27.9. The highest BCUT2D eigenvalue weighted by Gasteiger charge is 2.51. The minimum Gasteiger partial charge on any atom is -0.479 e. The third-order valence-electron chi connectivity index (χ3n) is 6.01. The second-order valence-electron chi connectivity index (χ2n) is 8.19. The second-order valence-corrected chi connectivity index (χ2v) is 8.63. The molecule has 2 aromatic rings. The molecule has 0 aromatic heterocycles. The van der Waals surface area contributed by atoms with E-state index in [4.69, 9.17) is 16.3 Å². The van der Waals surface area contributed by atoms with Gasteiger partial charge in [0.05, 0.1) is 17.6 Å². The highest BCUT2D eigenvalue weighted by Crippen LogP contribution is 2.39. The summed E-state index contributed by atoms with van der Waals surface area (Å²) in [4.78, 5) is 17.7. The number of carboxylic acids is 1. The fraction of sp³-hybridized carbons (Fsp3) is 0.261. The molecule has 3 heterocycles. The van der Waals surface area contributed by atoms with Gasteiger partial charge in [0.2, 0.25) is 0 Å². The predicted octanol–water partition coefficient (Wildman–Crippen LogP) is 1.48. The second kappa shape index (κ2) is 8.70. The molecule has 0 saturated carbocycles. The molecule has 182 valence electrons. The summed E-state index contributed by atoms with van der Waals surface area (Å²) in [6, 6.07) is 11.1. The largest absolute Gasteiger partial charge is 0.479 e. The molecule has 4 N–H and O–H groups in total. The van der Waals surface area contributed by atoms with Crippen molar-refractivity contribution in [2.45, 2.75) is 37.6 Å². The van der Waals surface area contributed by atoms with Crippen LogP contribution in [0.2, 0.25) is 5.02 Å². The Kier molecular flexibility index (Phi) is 5.82. The Morgan fingerprint density at radius 1 is 1.09 bits per heavy atom. The number of halogens is 2. The third kappa shape index (κ3) is 3.77. The Hall–Kier alpha value is -3.35. The van der Waals surface area contributed by atoms with E-state index in [9.17, 15) is 29.6 Å². The lowest BCUT2D eigenvalue weighted by molar-refractivity contribution is -0.254. The maximum Gasteiger partial charge on any atom is 0.335 e. The van der Waals surface area contributed by atoms with Gasteiger partial charge in [-0.2, -0.15) is 5.10 Å². The topological polar surface area (TPSA) is 138 Å². The number of aliphatic imine (C=N–C) groups is 1. The third-order valence-corrected chi connectivity index (χ3v) is 6.24. The number of aliphatic hydroxyl groups is 3. The number of ether oxygens (including phenoxy) is 1. The molecule has 0 radical (unpaired) electrons. The first kappa shape index (κ1) is 23.4. The van der Waals surface area contributed by atoms with Crippen molar-refractivity contribution in [3.8, 4) is 0 Å². The molecule has 5 rings (SSSR count). The fourth-order valence-corrected chi connectivity index (χ4v) is 4.51. The van der Waals surface area contributed by atoms with Crippen LogP contribution < -0.4 is 4.90 Å². The molecule has 1 saturated heterocycles. The maximum absolute atomic E-state index is 14.7. The van der Waals surface area contributed by atoms with Crippen LogP contribution in [0.25, 0.3) is 0 Å². The zero-order chi connectivity index (χ0) is 25.0. The van der Waals surface area contributed by atoms with E-state index in [0.717, 1.165) is 0 Å². The molecular formula is C23H20ClFN4O6. The minimum atomic E-state index is -1.85. The molecule has 0 amide bonds. The summed E-state index contributed by atoms with van der Waals surface area (Å²) < 4.78 is 20.2. The van der Waals surface area contributed by atoms with E-state index in [1.54, 1.807) is 48.2 Å². The Bertz CT molecular complexity index is 1300. The van der Waals surface area contributed by atoms with Crippen LogP contribution in [0, 0.1) is 5.82 Å². The molecule has 35 heavy (non-hydrogen) atoms. The van der Waals surface area contributed by atoms with Gasteiger partial charge in [-0.1, -0.05) is 23.7 Å². The van der Waals surface area contributed by atoms with Gasteiger partial charge in [-0.05, 0) is 37.3 Å². The predicted molar refractivity (Wildman–Crippen MR) is 123 cm³/mol. The number of hydrazone groups is 1. The van der Waals surface area contributed by atoms with Crippen molar-refractivity contribution >= 4 is 34.8 Å². The van der Waals surface area contributed by atoms with E-state index >= 15 is 0 Å². The van der Waals surface area contributed by atoms with Crippen molar-refractivity contribution in [1.82, 2.24) is 5.01 Å². The zero-order valence-electron chi connectivity index (χ0n) is 18.2. The first-order chi connectivity index (χ1) is 16.7. The van der Waals surface area contributed by atoms with Gasteiger partial charge in [0.15, 0.2) is 18.2 Å². The van der Waals surface area contributed by atoms with Crippen LogP contribution in [0.15, 0.2) is 64.6 Å². The zero-order valence-corrected chi connectivity index (χ0v) is 18.9. The summed E-state index contributed by atoms with van der Waals surface area (Å²) in [5, 5.41) is 46.4. The number of benzene rings is 2. The van der Waals surface area contributed by atoms with Crippen LogP contribution in [0.3, 0.4) is 0 Å². The number of carbonyl (C=O) groups is 1. The van der Waals surface area contributed by atoms with Crippen molar-refractivity contribution in [3.63, 3.8) is 0 Å². The van der Waals surface area contributed by atoms with Gasteiger partial charge < -0.3 is 25.2 Å². The summed E-state index contributed by atoms with van der Waals surface area (Å²) in [7, 11) is 0. The number of nitrogens with zero attached hydrogens (tertiary/aromatic N) is 4. The Morgan fingerprint density at radius 3 is 2.54 bits per heavy atom. The Morgan fingerprint density at radius 2 is 1.83 bits per heavy atom. The number of fused-ring (bicyclic) bond motifs is 3. The van der Waals surface area contributed by atoms with Crippen molar-refractivity contribution in [3.05, 3.63) is 76.5 Å². The SMILES string of the molecule is CC1=NN([C@@H]2OC(C(=O)O)[C@@H](O)[C@H](O)C2O)C2=CN=C(c3ccccc3F)c3cc(Cl)ccc3N21. The highest BCUT2D eigenvalue weighted by atomic mass is 35.5. The van der Waals surface area contributed by atoms with Gasteiger partial charge in [-0.3, -0.25) is 9.89 Å². The summed E-state index contributed by atoms with van der Waals surface area (Å²) in [6.45, 7) is 1.66. The van der Waals surface area contributed by atoms with Gasteiger partial charge in [0, 0.05) is 16.1 Å². The van der Waals surface area contributed by atoms with Gasteiger partial charge in [0.1, 0.15) is 30.0 Å². The van der Waals surface area contributed by atoms with E-state index in [-0.39, 0.29) is 11.4 Å². The van der Waals surface area contributed by atoms with E-state index in [0.29, 0.717) is 27.8 Å². The van der Waals surface area contributed by atoms with Crippen molar-refractivity contribution in [1.29, 1.82) is 0 Å². The van der Waals surface area contributed by atoms with Gasteiger partial charge >= 0.3 is 5.97 Å². The first-order valence-corrected chi connectivity index (χ1v) is 11.0. The van der Waals surface area contributed by atoms with Crippen LogP contribution in [0.5, 0.6) is 0 Å². The highest BCUT2D eigenvalue weighted by molar-refractivity contribution is 6.32. The van der Waals surface area contributed by atoms with E-state index in [1.165, 1.54) is 17.3 Å². The smallest absolute Gasteiger partial charge is 0.335 e. The van der Waals surface area contributed by atoms with Crippen LogP contribution in [-0.4, -0.2) is 73.6 Å². The molecule has 12 heteroatoms. The average molecular weight is 503 g/mol. The number of aliphatic hydroxyl groups excluding tert-OH is 3. The van der Waals surface area contributed by atoms with E-state index in [2.05, 4.69) is 10.1 Å². The standard InChI is InChI=1S/C23H20ClFN4O6/c1-10-27-29(22-20(32)18(30)19(31)21(35-22)23(33)34)16-9-26-17(12-4-2-3-5-14(12)25)13-8-11(24)6-7-15(13)28(10)16/h2-9,18-22,30-32H,1H3,(H,33,34)/t18-,19-,20?,21?,22+/m0/s1. The molecule has 0 aliphatic carbocycles. The molecule has 0 bridgehead atoms. The molecule has 10 nitrogen and oxygen atoms in total. The van der Waals surface area contributed by atoms with Crippen LogP contribution in [0.4, 0.5) is 10.1 Å². The van der Waals surface area contributed by atoms with Crippen LogP contribution in [-0.2, 0) is 9.53 Å². The number of hydrogen-bond acceptors (Lipinski definition) is 9. The molecule has 3 aliphatic heterocycles. The maximum atomic E-state index is 14.7. The summed E-state index contributed by atoms with van der Waals surface area (Å²) in [5.74, 6) is -1.37. The monoisotopic (exact) mass is 502 g/mol. The molecule has 1 fully saturated rings. The van der Waals surface area contributed by atoms with Crippen molar-refractivity contribution in [2.75, 3.05) is 4.90 Å². The fourth-order valence-electron chi connectivity index (χ4n) is 4.34. The molecule has 5 atom stereocenters. The Balaban J connectivity index is 1.64. The number of carboxylic acid groups (broad SMARTS) is 1. The number of amidine groups is 1. The number of anilines is 1. The number of hydrogen-bond donors (Lipinski definition) is 4. The molecule has 0 spiro atoms. The van der Waals surface area contributed by atoms with Gasteiger partial charge in [-0.25, -0.2) is 14.2 Å². The Labute approximate surface area is 203 Å². The van der Waals surface area contributed by atoms with E-state index in [1.807, 2.05) is 0 Å². The van der Waals surface area contributed by atoms with Crippen LogP contribution in [0.1, 0.15) is 18.1 Å². The minimum absolute atomic E-state index is 0.230. The van der Waals surface area contributed by atoms with Crippen LogP contribution >= 0.6 is 11.6 Å². The molecule has 2 unspecified atom stereocenters.